The molecule has 1 fully saturated rings. The Bertz CT molecular complexity index is 796. The first kappa shape index (κ1) is 18.1. The summed E-state index contributed by atoms with van der Waals surface area (Å²) in [6.07, 6.45) is 8.58. The second kappa shape index (κ2) is 8.09. The number of aromatic nitrogens is 2. The Hall–Kier alpha value is -2.74. The number of hydrogen-bond acceptors (Lipinski definition) is 5. The Kier molecular flexibility index (Phi) is 5.62. The van der Waals surface area contributed by atoms with Crippen LogP contribution in [0.5, 0.6) is 0 Å². The highest BCUT2D eigenvalue weighted by Gasteiger charge is 2.20. The van der Waals surface area contributed by atoms with E-state index in [0.29, 0.717) is 28.0 Å². The van der Waals surface area contributed by atoms with E-state index in [2.05, 4.69) is 15.3 Å². The second-order valence-electron chi connectivity index (χ2n) is 6.16. The van der Waals surface area contributed by atoms with Gasteiger partial charge in [0.25, 0.3) is 5.91 Å². The van der Waals surface area contributed by atoms with Gasteiger partial charge in [0.15, 0.2) is 5.13 Å². The van der Waals surface area contributed by atoms with E-state index in [1.165, 1.54) is 37.4 Å². The molecule has 1 aliphatic carbocycles. The summed E-state index contributed by atoms with van der Waals surface area (Å²) in [5.41, 5.74) is 1.21. The fraction of sp³-hybridized carbons (Fsp3) is 0.333. The third-order valence-corrected chi connectivity index (χ3v) is 5.08. The van der Waals surface area contributed by atoms with Crippen LogP contribution in [0, 0.1) is 5.92 Å². The number of carbonyl (C=O) groups is 2. The first-order valence-corrected chi connectivity index (χ1v) is 9.28. The van der Waals surface area contributed by atoms with Gasteiger partial charge in [-0.3, -0.25) is 15.0 Å². The summed E-state index contributed by atoms with van der Waals surface area (Å²) in [4.78, 5) is 33.1. The van der Waals surface area contributed by atoms with Crippen molar-refractivity contribution in [3.63, 3.8) is 0 Å². The number of allylic oxidation sites excluding steroid dienone is 1. The van der Waals surface area contributed by atoms with Crippen molar-refractivity contribution in [1.29, 1.82) is 0 Å². The molecule has 26 heavy (non-hydrogen) atoms. The Balaban J connectivity index is 1.87. The van der Waals surface area contributed by atoms with Crippen LogP contribution >= 0.6 is 11.3 Å². The Labute approximate surface area is 155 Å². The maximum Gasteiger partial charge on any atom is 0.412 e. The molecule has 0 bridgehead atoms. The largest absolute Gasteiger partial charge is 0.465 e. The number of hydrogen-bond donors (Lipinski definition) is 2. The van der Waals surface area contributed by atoms with Crippen molar-refractivity contribution in [1.82, 2.24) is 9.97 Å². The molecule has 1 saturated carbocycles. The number of nitrogens with zero attached hydrogens (tertiary/aromatic N) is 3. The zero-order valence-corrected chi connectivity index (χ0v) is 15.2. The quantitative estimate of drug-likeness (QED) is 0.777. The van der Waals surface area contributed by atoms with Gasteiger partial charge in [0.2, 0.25) is 0 Å². The predicted molar refractivity (Wildman–Crippen MR) is 101 cm³/mol. The third-order valence-electron chi connectivity index (χ3n) is 4.39. The lowest BCUT2D eigenvalue weighted by Crippen LogP contribution is -2.24. The second-order valence-corrected chi connectivity index (χ2v) is 7.06. The third kappa shape index (κ3) is 4.26. The molecule has 2 N–H and O–H groups in total. The zero-order valence-electron chi connectivity index (χ0n) is 14.4. The van der Waals surface area contributed by atoms with Crippen LogP contribution in [-0.2, 0) is 4.79 Å². The molecule has 0 radical (unpaired) electrons. The normalized spacial score (nSPS) is 15.0. The molecule has 136 valence electrons. The molecule has 3 rings (SSSR count). The van der Waals surface area contributed by atoms with E-state index < -0.39 is 6.09 Å². The summed E-state index contributed by atoms with van der Waals surface area (Å²) in [6, 6.07) is 3.33. The number of amides is 2. The molecule has 0 aromatic carbocycles. The average molecular weight is 372 g/mol. The van der Waals surface area contributed by atoms with Crippen LogP contribution in [0.25, 0.3) is 5.57 Å². The van der Waals surface area contributed by atoms with E-state index in [9.17, 15) is 9.59 Å². The minimum absolute atomic E-state index is 0.229. The number of rotatable bonds is 5. The lowest BCUT2D eigenvalue weighted by molar-refractivity contribution is -0.111. The van der Waals surface area contributed by atoms with Gasteiger partial charge in [0.05, 0.1) is 0 Å². The van der Waals surface area contributed by atoms with Crippen LogP contribution in [0.3, 0.4) is 0 Å². The van der Waals surface area contributed by atoms with Crippen LogP contribution in [0.15, 0.2) is 36.0 Å². The van der Waals surface area contributed by atoms with Crippen molar-refractivity contribution < 1.29 is 14.7 Å². The molecule has 0 spiro atoms. The van der Waals surface area contributed by atoms with E-state index in [4.69, 9.17) is 5.11 Å². The summed E-state index contributed by atoms with van der Waals surface area (Å²) < 4.78 is 0. The highest BCUT2D eigenvalue weighted by atomic mass is 32.1. The van der Waals surface area contributed by atoms with E-state index in [0.717, 1.165) is 17.7 Å². The molecule has 0 aliphatic heterocycles. The minimum atomic E-state index is -1.09. The minimum Gasteiger partial charge on any atom is -0.465 e. The highest BCUT2D eigenvalue weighted by Crippen LogP contribution is 2.30. The van der Waals surface area contributed by atoms with E-state index in [-0.39, 0.29) is 5.91 Å². The molecule has 7 nitrogen and oxygen atoms in total. The summed E-state index contributed by atoms with van der Waals surface area (Å²) in [7, 11) is 1.43. The lowest BCUT2D eigenvalue weighted by atomic mass is 9.99. The smallest absolute Gasteiger partial charge is 0.412 e. The summed E-state index contributed by atoms with van der Waals surface area (Å²) in [6.45, 7) is 0. The van der Waals surface area contributed by atoms with Gasteiger partial charge in [-0.25, -0.2) is 14.8 Å². The standard InChI is InChI=1S/C18H20N4O3S/c1-22(18(24)25)15-7-6-13(11-20-15)14(10-12-4-2-3-5-12)16(23)21-17-19-8-9-26-17/h6-12H,2-5H2,1H3,(H,24,25)(H,19,21,23). The summed E-state index contributed by atoms with van der Waals surface area (Å²) in [5, 5.41) is 14.2. The van der Waals surface area contributed by atoms with Gasteiger partial charge in [-0.1, -0.05) is 18.9 Å². The van der Waals surface area contributed by atoms with Crippen molar-refractivity contribution in [2.24, 2.45) is 5.92 Å². The Morgan fingerprint density at radius 3 is 2.65 bits per heavy atom. The fourth-order valence-corrected chi connectivity index (χ4v) is 3.48. The van der Waals surface area contributed by atoms with Crippen molar-refractivity contribution in [3.05, 3.63) is 41.5 Å². The van der Waals surface area contributed by atoms with Crippen LogP contribution in [0.4, 0.5) is 15.7 Å². The summed E-state index contributed by atoms with van der Waals surface area (Å²) in [5.74, 6) is 0.447. The molecule has 2 aromatic rings. The molecule has 0 saturated heterocycles. The summed E-state index contributed by atoms with van der Waals surface area (Å²) >= 11 is 1.36. The number of anilines is 2. The first-order valence-electron chi connectivity index (χ1n) is 8.40. The van der Waals surface area contributed by atoms with E-state index >= 15 is 0 Å². The number of pyridine rings is 1. The number of carboxylic acid groups (broad SMARTS) is 1. The molecule has 2 aromatic heterocycles. The van der Waals surface area contributed by atoms with Gasteiger partial charge < -0.3 is 5.11 Å². The molecule has 2 amide bonds. The number of nitrogens with one attached hydrogen (secondary N) is 1. The van der Waals surface area contributed by atoms with Crippen LogP contribution < -0.4 is 10.2 Å². The topological polar surface area (TPSA) is 95.4 Å². The van der Waals surface area contributed by atoms with Crippen molar-refractivity contribution in [2.75, 3.05) is 17.3 Å². The van der Waals surface area contributed by atoms with Crippen molar-refractivity contribution in [3.8, 4) is 0 Å². The number of carbonyl (C=O) groups excluding carboxylic acids is 1. The van der Waals surface area contributed by atoms with Crippen molar-refractivity contribution >= 4 is 39.9 Å². The monoisotopic (exact) mass is 372 g/mol. The first-order chi connectivity index (χ1) is 12.5. The zero-order chi connectivity index (χ0) is 18.5. The average Bonchev–Trinajstić information content (AvgIpc) is 3.33. The molecular weight excluding hydrogens is 352 g/mol. The Morgan fingerprint density at radius 2 is 2.08 bits per heavy atom. The molecule has 2 heterocycles. The van der Waals surface area contributed by atoms with Crippen LogP contribution in [0.2, 0.25) is 0 Å². The predicted octanol–water partition coefficient (Wildman–Crippen LogP) is 3.86. The van der Waals surface area contributed by atoms with Gasteiger partial charge in [-0.15, -0.1) is 11.3 Å². The van der Waals surface area contributed by atoms with Gasteiger partial charge in [0, 0.05) is 36.0 Å². The molecule has 0 unspecified atom stereocenters. The highest BCUT2D eigenvalue weighted by molar-refractivity contribution is 7.13. The van der Waals surface area contributed by atoms with Gasteiger partial charge in [-0.05, 0) is 30.9 Å². The lowest BCUT2D eigenvalue weighted by Gasteiger charge is -2.14. The van der Waals surface area contributed by atoms with Gasteiger partial charge >= 0.3 is 6.09 Å². The molecule has 1 aliphatic rings. The Morgan fingerprint density at radius 1 is 1.31 bits per heavy atom. The van der Waals surface area contributed by atoms with Gasteiger partial charge in [0.1, 0.15) is 5.82 Å². The van der Waals surface area contributed by atoms with E-state index in [1.807, 2.05) is 6.08 Å². The maximum absolute atomic E-state index is 12.8. The van der Waals surface area contributed by atoms with E-state index in [1.54, 1.807) is 23.7 Å². The molecule has 0 atom stereocenters. The number of thiazole rings is 1. The molecule has 8 heteroatoms. The van der Waals surface area contributed by atoms with Crippen LogP contribution in [0.1, 0.15) is 31.2 Å². The fourth-order valence-electron chi connectivity index (χ4n) is 2.95. The molecular formula is C18H20N4O3S. The van der Waals surface area contributed by atoms with Crippen molar-refractivity contribution in [2.45, 2.75) is 25.7 Å². The maximum atomic E-state index is 12.8. The van der Waals surface area contributed by atoms with Crippen LogP contribution in [-0.4, -0.2) is 34.1 Å². The van der Waals surface area contributed by atoms with Gasteiger partial charge in [-0.2, -0.15) is 0 Å². The SMILES string of the molecule is CN(C(=O)O)c1ccc(C(=CC2CCCC2)C(=O)Nc2nccs2)cn1.